The fourth-order valence-corrected chi connectivity index (χ4v) is 2.77. The number of hydrogen-bond acceptors (Lipinski definition) is 5. The molecule has 2 rings (SSSR count). The van der Waals surface area contributed by atoms with Crippen LogP contribution in [0.3, 0.4) is 0 Å². The Morgan fingerprint density at radius 2 is 2.09 bits per heavy atom. The van der Waals surface area contributed by atoms with Crippen molar-refractivity contribution >= 4 is 23.5 Å². The molecule has 6 nitrogen and oxygen atoms in total. The van der Waals surface area contributed by atoms with Crippen molar-refractivity contribution in [1.82, 2.24) is 15.3 Å². The number of hydrogen-bond donors (Lipinski definition) is 2. The Bertz CT molecular complexity index is 652. The van der Waals surface area contributed by atoms with Crippen LogP contribution in [0.5, 0.6) is 0 Å². The molecule has 7 heteroatoms. The third-order valence-corrected chi connectivity index (χ3v) is 3.87. The Labute approximate surface area is 140 Å². The molecular weight excluding hydrogens is 312 g/mol. The highest BCUT2D eigenvalue weighted by atomic mass is 32.2. The van der Waals surface area contributed by atoms with E-state index < -0.39 is 0 Å². The van der Waals surface area contributed by atoms with Gasteiger partial charge in [-0.05, 0) is 55.4 Å². The fraction of sp³-hybridized carbons (Fsp3) is 0.312. The van der Waals surface area contributed by atoms with Crippen molar-refractivity contribution in [3.05, 3.63) is 42.2 Å². The SMILES string of the molecule is COCC(C)NC(=O)Nc1ccc(Sc2ncccn2)cc1C. The highest BCUT2D eigenvalue weighted by Gasteiger charge is 2.09. The van der Waals surface area contributed by atoms with E-state index in [0.29, 0.717) is 11.8 Å². The van der Waals surface area contributed by atoms with Crippen LogP contribution in [-0.2, 0) is 4.74 Å². The molecule has 0 saturated heterocycles. The number of amides is 2. The number of methoxy groups -OCH3 is 1. The van der Waals surface area contributed by atoms with Gasteiger partial charge in [0.15, 0.2) is 5.16 Å². The molecule has 122 valence electrons. The van der Waals surface area contributed by atoms with Crippen LogP contribution in [0.2, 0.25) is 0 Å². The van der Waals surface area contributed by atoms with Crippen molar-refractivity contribution in [2.75, 3.05) is 19.0 Å². The van der Waals surface area contributed by atoms with Crippen molar-refractivity contribution in [1.29, 1.82) is 0 Å². The summed E-state index contributed by atoms with van der Waals surface area (Å²) < 4.78 is 4.99. The van der Waals surface area contributed by atoms with Gasteiger partial charge in [0.25, 0.3) is 0 Å². The summed E-state index contributed by atoms with van der Waals surface area (Å²) in [5, 5.41) is 6.35. The van der Waals surface area contributed by atoms with Gasteiger partial charge >= 0.3 is 6.03 Å². The lowest BCUT2D eigenvalue weighted by Crippen LogP contribution is -2.38. The number of nitrogens with zero attached hydrogens (tertiary/aromatic N) is 2. The first kappa shape index (κ1) is 17.2. The lowest BCUT2D eigenvalue weighted by atomic mass is 10.2. The molecule has 1 unspecified atom stereocenters. The number of aromatic nitrogens is 2. The first-order chi connectivity index (χ1) is 11.1. The molecule has 1 aromatic carbocycles. The summed E-state index contributed by atoms with van der Waals surface area (Å²) in [4.78, 5) is 21.3. The van der Waals surface area contributed by atoms with E-state index in [0.717, 1.165) is 16.1 Å². The molecule has 0 radical (unpaired) electrons. The molecule has 1 aromatic heterocycles. The van der Waals surface area contributed by atoms with Gasteiger partial charge in [-0.15, -0.1) is 0 Å². The Balaban J connectivity index is 1.98. The number of anilines is 1. The van der Waals surface area contributed by atoms with Gasteiger partial charge in [-0.3, -0.25) is 0 Å². The number of rotatable bonds is 6. The van der Waals surface area contributed by atoms with Crippen molar-refractivity contribution in [2.45, 2.75) is 29.9 Å². The summed E-state index contributed by atoms with van der Waals surface area (Å²) >= 11 is 1.48. The molecule has 0 saturated carbocycles. The van der Waals surface area contributed by atoms with E-state index in [2.05, 4.69) is 20.6 Å². The summed E-state index contributed by atoms with van der Waals surface area (Å²) in [6.45, 7) is 4.30. The smallest absolute Gasteiger partial charge is 0.319 e. The predicted molar refractivity (Wildman–Crippen MR) is 90.8 cm³/mol. The standard InChI is InChI=1S/C16H20N4O2S/c1-11-9-13(23-16-17-7-4-8-18-16)5-6-14(11)20-15(21)19-12(2)10-22-3/h4-9,12H,10H2,1-3H3,(H2,19,20,21). The van der Waals surface area contributed by atoms with Crippen molar-refractivity contribution < 1.29 is 9.53 Å². The Hall–Kier alpha value is -2.12. The highest BCUT2D eigenvalue weighted by Crippen LogP contribution is 2.27. The molecule has 23 heavy (non-hydrogen) atoms. The van der Waals surface area contributed by atoms with E-state index in [4.69, 9.17) is 4.74 Å². The summed E-state index contributed by atoms with van der Waals surface area (Å²) in [7, 11) is 1.60. The summed E-state index contributed by atoms with van der Waals surface area (Å²) in [5.74, 6) is 0. The molecule has 0 aliphatic carbocycles. The molecule has 0 bridgehead atoms. The second-order valence-corrected chi connectivity index (χ2v) is 6.11. The van der Waals surface area contributed by atoms with Crippen LogP contribution in [0.25, 0.3) is 0 Å². The topological polar surface area (TPSA) is 76.1 Å². The van der Waals surface area contributed by atoms with Gasteiger partial charge in [-0.1, -0.05) is 0 Å². The van der Waals surface area contributed by atoms with Gasteiger partial charge in [0.1, 0.15) is 0 Å². The van der Waals surface area contributed by atoms with Gasteiger partial charge < -0.3 is 15.4 Å². The number of aryl methyl sites for hydroxylation is 1. The van der Waals surface area contributed by atoms with E-state index in [9.17, 15) is 4.79 Å². The van der Waals surface area contributed by atoms with E-state index in [1.54, 1.807) is 25.6 Å². The van der Waals surface area contributed by atoms with Crippen molar-refractivity contribution in [2.24, 2.45) is 0 Å². The summed E-state index contributed by atoms with van der Waals surface area (Å²) in [6, 6.07) is 7.29. The van der Waals surface area contributed by atoms with E-state index in [1.165, 1.54) is 11.8 Å². The van der Waals surface area contributed by atoms with Crippen LogP contribution in [0.4, 0.5) is 10.5 Å². The number of nitrogens with one attached hydrogen (secondary N) is 2. The van der Waals surface area contributed by atoms with E-state index >= 15 is 0 Å². The lowest BCUT2D eigenvalue weighted by molar-refractivity contribution is 0.173. The second kappa shape index (κ2) is 8.50. The third-order valence-electron chi connectivity index (χ3n) is 2.99. The van der Waals surface area contributed by atoms with Crippen LogP contribution >= 0.6 is 11.8 Å². The molecule has 0 aliphatic rings. The molecule has 0 spiro atoms. The maximum atomic E-state index is 11.9. The predicted octanol–water partition coefficient (Wildman–Crippen LogP) is 3.09. The second-order valence-electron chi connectivity index (χ2n) is 5.07. The summed E-state index contributed by atoms with van der Waals surface area (Å²) in [6.07, 6.45) is 3.42. The summed E-state index contributed by atoms with van der Waals surface area (Å²) in [5.41, 5.74) is 1.74. The number of urea groups is 1. The zero-order valence-corrected chi connectivity index (χ0v) is 14.2. The van der Waals surface area contributed by atoms with E-state index in [-0.39, 0.29) is 12.1 Å². The third kappa shape index (κ3) is 5.54. The number of benzene rings is 1. The van der Waals surface area contributed by atoms with Crippen molar-refractivity contribution in [3.8, 4) is 0 Å². The van der Waals surface area contributed by atoms with Crippen LogP contribution < -0.4 is 10.6 Å². The largest absolute Gasteiger partial charge is 0.383 e. The first-order valence-corrected chi connectivity index (χ1v) is 8.02. The molecule has 2 amide bonds. The number of ether oxygens (including phenoxy) is 1. The normalized spacial score (nSPS) is 11.8. The zero-order valence-electron chi connectivity index (χ0n) is 13.4. The van der Waals surface area contributed by atoms with Gasteiger partial charge in [0, 0.05) is 30.1 Å². The molecule has 2 N–H and O–H groups in total. The lowest BCUT2D eigenvalue weighted by Gasteiger charge is -2.15. The maximum absolute atomic E-state index is 11.9. The minimum Gasteiger partial charge on any atom is -0.383 e. The first-order valence-electron chi connectivity index (χ1n) is 7.20. The Morgan fingerprint density at radius 3 is 2.74 bits per heavy atom. The number of carbonyl (C=O) groups is 1. The van der Waals surface area contributed by atoms with Crippen LogP contribution in [0, 0.1) is 6.92 Å². The van der Waals surface area contributed by atoms with Gasteiger partial charge in [-0.2, -0.15) is 0 Å². The highest BCUT2D eigenvalue weighted by molar-refractivity contribution is 7.99. The van der Waals surface area contributed by atoms with Crippen LogP contribution in [0.1, 0.15) is 12.5 Å². The maximum Gasteiger partial charge on any atom is 0.319 e. The molecular formula is C16H20N4O2S. The minimum absolute atomic E-state index is 0.0506. The fourth-order valence-electron chi connectivity index (χ4n) is 1.96. The van der Waals surface area contributed by atoms with Crippen LogP contribution in [-0.4, -0.2) is 35.8 Å². The molecule has 0 fully saturated rings. The van der Waals surface area contributed by atoms with E-state index in [1.807, 2.05) is 32.0 Å². The van der Waals surface area contributed by atoms with Gasteiger partial charge in [0.2, 0.25) is 0 Å². The Morgan fingerprint density at radius 1 is 1.35 bits per heavy atom. The van der Waals surface area contributed by atoms with Crippen molar-refractivity contribution in [3.63, 3.8) is 0 Å². The molecule has 1 atom stereocenters. The number of carbonyl (C=O) groups excluding carboxylic acids is 1. The average molecular weight is 332 g/mol. The average Bonchev–Trinajstić information content (AvgIpc) is 2.51. The Kier molecular flexibility index (Phi) is 6.37. The minimum atomic E-state index is -0.246. The quantitative estimate of drug-likeness (QED) is 0.795. The molecule has 2 aromatic rings. The van der Waals surface area contributed by atoms with Gasteiger partial charge in [0.05, 0.1) is 12.6 Å². The van der Waals surface area contributed by atoms with Crippen LogP contribution in [0.15, 0.2) is 46.7 Å². The molecule has 1 heterocycles. The van der Waals surface area contributed by atoms with Gasteiger partial charge in [-0.25, -0.2) is 14.8 Å². The molecule has 0 aliphatic heterocycles. The monoisotopic (exact) mass is 332 g/mol. The zero-order chi connectivity index (χ0) is 16.7.